The van der Waals surface area contributed by atoms with Crippen LogP contribution in [-0.4, -0.2) is 12.6 Å². The summed E-state index contributed by atoms with van der Waals surface area (Å²) in [6.45, 7) is 5.87. The van der Waals surface area contributed by atoms with Crippen LogP contribution in [0.15, 0.2) is 0 Å². The van der Waals surface area contributed by atoms with Gasteiger partial charge in [-0.05, 0) is 38.6 Å². The van der Waals surface area contributed by atoms with Crippen LogP contribution < -0.4 is 5.32 Å². The standard InChI is InChI=1S/C12H25N/c1-3-4-5-7-11(2)13-10-12-8-6-9-12/h11-13H,3-10H2,1-2H3. The van der Waals surface area contributed by atoms with Crippen LogP contribution in [0.2, 0.25) is 0 Å². The maximum Gasteiger partial charge on any atom is 0.00388 e. The predicted molar refractivity (Wildman–Crippen MR) is 58.9 cm³/mol. The van der Waals surface area contributed by atoms with Crippen molar-refractivity contribution in [1.29, 1.82) is 0 Å². The van der Waals surface area contributed by atoms with E-state index in [0.717, 1.165) is 12.0 Å². The van der Waals surface area contributed by atoms with Crippen molar-refractivity contribution in [2.75, 3.05) is 6.54 Å². The van der Waals surface area contributed by atoms with Crippen molar-refractivity contribution in [2.24, 2.45) is 5.92 Å². The Morgan fingerprint density at radius 2 is 2.08 bits per heavy atom. The molecular formula is C12H25N. The van der Waals surface area contributed by atoms with Gasteiger partial charge < -0.3 is 5.32 Å². The van der Waals surface area contributed by atoms with Crippen molar-refractivity contribution in [3.8, 4) is 0 Å². The maximum absolute atomic E-state index is 3.64. The highest BCUT2D eigenvalue weighted by Gasteiger charge is 2.17. The van der Waals surface area contributed by atoms with Crippen LogP contribution >= 0.6 is 0 Å². The average molecular weight is 183 g/mol. The van der Waals surface area contributed by atoms with Gasteiger partial charge in [0.1, 0.15) is 0 Å². The van der Waals surface area contributed by atoms with Gasteiger partial charge in [-0.25, -0.2) is 0 Å². The largest absolute Gasteiger partial charge is 0.314 e. The second-order valence-corrected chi connectivity index (χ2v) is 4.60. The van der Waals surface area contributed by atoms with Crippen molar-refractivity contribution in [2.45, 2.75) is 64.8 Å². The molecule has 0 heterocycles. The SMILES string of the molecule is CCCCCC(C)NCC1CCC1. The van der Waals surface area contributed by atoms with Gasteiger partial charge >= 0.3 is 0 Å². The number of hydrogen-bond donors (Lipinski definition) is 1. The van der Waals surface area contributed by atoms with Crippen LogP contribution in [0.1, 0.15) is 58.8 Å². The van der Waals surface area contributed by atoms with Gasteiger partial charge in [-0.2, -0.15) is 0 Å². The lowest BCUT2D eigenvalue weighted by Gasteiger charge is -2.27. The Labute approximate surface area is 83.3 Å². The lowest BCUT2D eigenvalue weighted by Crippen LogP contribution is -2.33. The van der Waals surface area contributed by atoms with E-state index in [1.807, 2.05) is 0 Å². The summed E-state index contributed by atoms with van der Waals surface area (Å²) in [6, 6.07) is 0.743. The first-order valence-electron chi connectivity index (χ1n) is 6.06. The summed E-state index contributed by atoms with van der Waals surface area (Å²) >= 11 is 0. The van der Waals surface area contributed by atoms with Gasteiger partial charge in [-0.15, -0.1) is 0 Å². The molecule has 0 saturated heterocycles. The van der Waals surface area contributed by atoms with Gasteiger partial charge in [0.25, 0.3) is 0 Å². The Morgan fingerprint density at radius 3 is 2.62 bits per heavy atom. The number of hydrogen-bond acceptors (Lipinski definition) is 1. The third-order valence-electron chi connectivity index (χ3n) is 3.22. The van der Waals surface area contributed by atoms with E-state index in [-0.39, 0.29) is 0 Å². The molecule has 1 N–H and O–H groups in total. The third kappa shape index (κ3) is 4.66. The number of unbranched alkanes of at least 4 members (excludes halogenated alkanes) is 2. The average Bonchev–Trinajstić information content (AvgIpc) is 2.02. The first-order valence-corrected chi connectivity index (χ1v) is 6.06. The van der Waals surface area contributed by atoms with Gasteiger partial charge in [0.2, 0.25) is 0 Å². The van der Waals surface area contributed by atoms with Crippen molar-refractivity contribution in [3.05, 3.63) is 0 Å². The molecule has 78 valence electrons. The van der Waals surface area contributed by atoms with Crippen molar-refractivity contribution in [3.63, 3.8) is 0 Å². The third-order valence-corrected chi connectivity index (χ3v) is 3.22. The van der Waals surface area contributed by atoms with Crippen LogP contribution in [-0.2, 0) is 0 Å². The molecule has 0 spiro atoms. The van der Waals surface area contributed by atoms with Gasteiger partial charge in [0, 0.05) is 6.04 Å². The van der Waals surface area contributed by atoms with Crippen molar-refractivity contribution in [1.82, 2.24) is 5.32 Å². The second-order valence-electron chi connectivity index (χ2n) is 4.60. The van der Waals surface area contributed by atoms with Crippen LogP contribution in [0.25, 0.3) is 0 Å². The lowest BCUT2D eigenvalue weighted by molar-refractivity contribution is 0.288. The highest BCUT2D eigenvalue weighted by Crippen LogP contribution is 2.25. The molecule has 1 rings (SSSR count). The normalized spacial score (nSPS) is 19.8. The van der Waals surface area contributed by atoms with Crippen LogP contribution in [0.4, 0.5) is 0 Å². The molecule has 13 heavy (non-hydrogen) atoms. The predicted octanol–water partition coefficient (Wildman–Crippen LogP) is 3.34. The highest BCUT2D eigenvalue weighted by molar-refractivity contribution is 4.73. The Balaban J connectivity index is 1.87. The summed E-state index contributed by atoms with van der Waals surface area (Å²) in [7, 11) is 0. The van der Waals surface area contributed by atoms with E-state index in [1.54, 1.807) is 0 Å². The summed E-state index contributed by atoms with van der Waals surface area (Å²) in [4.78, 5) is 0. The van der Waals surface area contributed by atoms with E-state index in [0.29, 0.717) is 0 Å². The molecule has 0 bridgehead atoms. The van der Waals surface area contributed by atoms with E-state index in [9.17, 15) is 0 Å². The fraction of sp³-hybridized carbons (Fsp3) is 1.00. The van der Waals surface area contributed by atoms with Gasteiger partial charge in [0.15, 0.2) is 0 Å². The van der Waals surface area contributed by atoms with Crippen molar-refractivity contribution >= 4 is 0 Å². The molecule has 1 aliphatic rings. The molecule has 1 heteroatoms. The number of rotatable bonds is 7. The zero-order valence-electron chi connectivity index (χ0n) is 9.31. The van der Waals surface area contributed by atoms with E-state index in [1.165, 1.54) is 51.5 Å². The zero-order valence-corrected chi connectivity index (χ0v) is 9.31. The van der Waals surface area contributed by atoms with Gasteiger partial charge in [-0.3, -0.25) is 0 Å². The second kappa shape index (κ2) is 6.42. The van der Waals surface area contributed by atoms with Gasteiger partial charge in [-0.1, -0.05) is 32.6 Å². The van der Waals surface area contributed by atoms with E-state index in [4.69, 9.17) is 0 Å². The van der Waals surface area contributed by atoms with Crippen LogP contribution in [0, 0.1) is 5.92 Å². The highest BCUT2D eigenvalue weighted by atomic mass is 14.9. The maximum atomic E-state index is 3.64. The Morgan fingerprint density at radius 1 is 1.31 bits per heavy atom. The molecule has 0 aromatic heterocycles. The summed E-state index contributed by atoms with van der Waals surface area (Å²) in [5.41, 5.74) is 0. The summed E-state index contributed by atoms with van der Waals surface area (Å²) in [6.07, 6.45) is 9.90. The zero-order chi connectivity index (χ0) is 9.52. The molecule has 1 fully saturated rings. The summed E-state index contributed by atoms with van der Waals surface area (Å²) in [5, 5.41) is 3.64. The summed E-state index contributed by atoms with van der Waals surface area (Å²) in [5.74, 6) is 1.01. The minimum Gasteiger partial charge on any atom is -0.314 e. The van der Waals surface area contributed by atoms with Crippen LogP contribution in [0.5, 0.6) is 0 Å². The molecule has 0 aromatic carbocycles. The molecular weight excluding hydrogens is 158 g/mol. The van der Waals surface area contributed by atoms with Crippen molar-refractivity contribution < 1.29 is 0 Å². The topological polar surface area (TPSA) is 12.0 Å². The molecule has 0 amide bonds. The molecule has 1 saturated carbocycles. The molecule has 1 aliphatic carbocycles. The smallest absolute Gasteiger partial charge is 0.00388 e. The quantitative estimate of drug-likeness (QED) is 0.597. The molecule has 0 radical (unpaired) electrons. The van der Waals surface area contributed by atoms with Gasteiger partial charge in [0.05, 0.1) is 0 Å². The Bertz CT molecular complexity index is 118. The molecule has 1 atom stereocenters. The Hall–Kier alpha value is -0.0400. The molecule has 1 unspecified atom stereocenters. The Kier molecular flexibility index (Phi) is 5.45. The first kappa shape index (κ1) is 11.0. The lowest BCUT2D eigenvalue weighted by atomic mass is 9.85. The monoisotopic (exact) mass is 183 g/mol. The molecule has 0 aliphatic heterocycles. The summed E-state index contributed by atoms with van der Waals surface area (Å²) < 4.78 is 0. The fourth-order valence-corrected chi connectivity index (χ4v) is 1.87. The fourth-order valence-electron chi connectivity index (χ4n) is 1.87. The van der Waals surface area contributed by atoms with E-state index < -0.39 is 0 Å². The minimum atomic E-state index is 0.743. The van der Waals surface area contributed by atoms with E-state index in [2.05, 4.69) is 19.2 Å². The van der Waals surface area contributed by atoms with E-state index >= 15 is 0 Å². The molecule has 0 aromatic rings. The molecule has 1 nitrogen and oxygen atoms in total. The van der Waals surface area contributed by atoms with Crippen LogP contribution in [0.3, 0.4) is 0 Å². The minimum absolute atomic E-state index is 0.743. The number of nitrogens with one attached hydrogen (secondary N) is 1. The first-order chi connectivity index (χ1) is 6.33.